The molecule has 2 rings (SSSR count). The summed E-state index contributed by atoms with van der Waals surface area (Å²) in [6, 6.07) is 13.1. The highest BCUT2D eigenvalue weighted by molar-refractivity contribution is 7.92. The number of carbonyl (C=O) groups is 1. The lowest BCUT2D eigenvalue weighted by Gasteiger charge is -2.23. The average molecular weight is 376 g/mol. The largest absolute Gasteiger partial charge is 0.491 e. The monoisotopic (exact) mass is 376 g/mol. The molecule has 0 heterocycles. The minimum Gasteiger partial charge on any atom is -0.491 e. The van der Waals surface area contributed by atoms with Crippen LogP contribution in [0, 0.1) is 0 Å². The van der Waals surface area contributed by atoms with Gasteiger partial charge < -0.3 is 10.1 Å². The van der Waals surface area contributed by atoms with Crippen LogP contribution in [0.5, 0.6) is 5.75 Å². The molecule has 7 heteroatoms. The first-order valence-electron chi connectivity index (χ1n) is 8.41. The van der Waals surface area contributed by atoms with E-state index in [1.165, 1.54) is 23.4 Å². The summed E-state index contributed by atoms with van der Waals surface area (Å²) < 4.78 is 32.9. The lowest BCUT2D eigenvalue weighted by Crippen LogP contribution is -2.30. The lowest BCUT2D eigenvalue weighted by atomic mass is 10.3. The van der Waals surface area contributed by atoms with E-state index < -0.39 is 10.0 Å². The van der Waals surface area contributed by atoms with Crippen molar-refractivity contribution in [1.82, 2.24) is 0 Å². The van der Waals surface area contributed by atoms with Gasteiger partial charge in [-0.15, -0.1) is 0 Å². The Hall–Kier alpha value is -2.54. The number of anilines is 2. The molecule has 26 heavy (non-hydrogen) atoms. The maximum atomic E-state index is 13.0. The number of hydrogen-bond donors (Lipinski definition) is 1. The Kier molecular flexibility index (Phi) is 6.26. The third-order valence-corrected chi connectivity index (χ3v) is 5.46. The van der Waals surface area contributed by atoms with Gasteiger partial charge in [-0.2, -0.15) is 0 Å². The van der Waals surface area contributed by atoms with Crippen LogP contribution in [0.15, 0.2) is 53.4 Å². The number of amides is 1. The molecule has 0 aliphatic carbocycles. The van der Waals surface area contributed by atoms with Gasteiger partial charge in [-0.25, -0.2) is 8.42 Å². The highest BCUT2D eigenvalue weighted by atomic mass is 32.2. The SMILES string of the molecule is CCN(c1ccc(OC(C)C)cc1)S(=O)(=O)c1ccc(NC(C)=O)cc1. The Labute approximate surface area is 154 Å². The van der Waals surface area contributed by atoms with E-state index in [0.29, 0.717) is 23.7 Å². The van der Waals surface area contributed by atoms with Gasteiger partial charge in [-0.3, -0.25) is 9.10 Å². The zero-order chi connectivity index (χ0) is 19.3. The van der Waals surface area contributed by atoms with Gasteiger partial charge >= 0.3 is 0 Å². The topological polar surface area (TPSA) is 75.7 Å². The highest BCUT2D eigenvalue weighted by Crippen LogP contribution is 2.26. The number of carbonyl (C=O) groups excluding carboxylic acids is 1. The molecule has 6 nitrogen and oxygen atoms in total. The number of nitrogens with zero attached hydrogens (tertiary/aromatic N) is 1. The Balaban J connectivity index is 2.28. The Morgan fingerprint density at radius 2 is 1.65 bits per heavy atom. The van der Waals surface area contributed by atoms with Gasteiger partial charge in [-0.1, -0.05) is 0 Å². The summed E-state index contributed by atoms with van der Waals surface area (Å²) in [7, 11) is -3.71. The third kappa shape index (κ3) is 4.76. The van der Waals surface area contributed by atoms with Crippen molar-refractivity contribution >= 4 is 27.3 Å². The molecule has 0 unspecified atom stereocenters. The van der Waals surface area contributed by atoms with E-state index in [2.05, 4.69) is 5.32 Å². The van der Waals surface area contributed by atoms with E-state index in [-0.39, 0.29) is 16.9 Å². The minimum absolute atomic E-state index is 0.0500. The predicted molar refractivity (Wildman–Crippen MR) is 103 cm³/mol. The first kappa shape index (κ1) is 19.8. The van der Waals surface area contributed by atoms with Crippen LogP contribution in [0.4, 0.5) is 11.4 Å². The van der Waals surface area contributed by atoms with Crippen LogP contribution in [0.1, 0.15) is 27.7 Å². The average Bonchev–Trinajstić information content (AvgIpc) is 2.56. The summed E-state index contributed by atoms with van der Waals surface area (Å²) in [6.45, 7) is 7.33. The van der Waals surface area contributed by atoms with Crippen LogP contribution >= 0.6 is 0 Å². The third-order valence-electron chi connectivity index (χ3n) is 3.55. The van der Waals surface area contributed by atoms with Gasteiger partial charge in [0.05, 0.1) is 16.7 Å². The first-order valence-corrected chi connectivity index (χ1v) is 9.85. The summed E-state index contributed by atoms with van der Waals surface area (Å²) >= 11 is 0. The second-order valence-corrected chi connectivity index (χ2v) is 7.90. The molecule has 0 aliphatic heterocycles. The quantitative estimate of drug-likeness (QED) is 0.800. The fraction of sp³-hybridized carbons (Fsp3) is 0.316. The van der Waals surface area contributed by atoms with Gasteiger partial charge in [-0.05, 0) is 69.3 Å². The standard InChI is InChI=1S/C19H24N2O4S/c1-5-21(17-8-10-18(11-9-17)25-14(2)3)26(23,24)19-12-6-16(7-13-19)20-15(4)22/h6-14H,5H2,1-4H3,(H,20,22). The maximum Gasteiger partial charge on any atom is 0.264 e. The second kappa shape index (κ2) is 8.23. The van der Waals surface area contributed by atoms with E-state index in [1.54, 1.807) is 43.3 Å². The van der Waals surface area contributed by atoms with E-state index in [1.807, 2.05) is 13.8 Å². The molecule has 0 spiro atoms. The van der Waals surface area contributed by atoms with Crippen LogP contribution in [-0.4, -0.2) is 27.0 Å². The van der Waals surface area contributed by atoms with Crippen molar-refractivity contribution in [3.05, 3.63) is 48.5 Å². The molecule has 1 N–H and O–H groups in total. The summed E-state index contributed by atoms with van der Waals surface area (Å²) in [5.74, 6) is 0.483. The molecule has 2 aromatic carbocycles. The summed E-state index contributed by atoms with van der Waals surface area (Å²) in [6.07, 6.45) is 0.0500. The van der Waals surface area contributed by atoms with Gasteiger partial charge in [0.15, 0.2) is 0 Å². The molecular formula is C19H24N2O4S. The maximum absolute atomic E-state index is 13.0. The Morgan fingerprint density at radius 3 is 2.12 bits per heavy atom. The Bertz CT molecular complexity index is 844. The van der Waals surface area contributed by atoms with Gasteiger partial charge in [0.1, 0.15) is 5.75 Å². The summed E-state index contributed by atoms with van der Waals surface area (Å²) in [5, 5.41) is 2.62. The molecule has 0 bridgehead atoms. The molecule has 140 valence electrons. The van der Waals surface area contributed by atoms with Crippen molar-refractivity contribution < 1.29 is 17.9 Å². The smallest absolute Gasteiger partial charge is 0.264 e. The summed E-state index contributed by atoms with van der Waals surface area (Å²) in [4.78, 5) is 11.2. The minimum atomic E-state index is -3.71. The van der Waals surface area contributed by atoms with Crippen molar-refractivity contribution in [1.29, 1.82) is 0 Å². The molecule has 0 aromatic heterocycles. The van der Waals surface area contributed by atoms with Crippen LogP contribution in [0.25, 0.3) is 0 Å². The van der Waals surface area contributed by atoms with Gasteiger partial charge in [0.2, 0.25) is 5.91 Å². The summed E-state index contributed by atoms with van der Waals surface area (Å²) in [5.41, 5.74) is 1.12. The number of ether oxygens (including phenoxy) is 1. The molecule has 0 aliphatic rings. The molecule has 2 aromatic rings. The highest BCUT2D eigenvalue weighted by Gasteiger charge is 2.23. The number of nitrogens with one attached hydrogen (secondary N) is 1. The first-order chi connectivity index (χ1) is 12.2. The van der Waals surface area contributed by atoms with Crippen molar-refractivity contribution in [2.45, 2.75) is 38.7 Å². The van der Waals surface area contributed by atoms with Crippen LogP contribution in [0.3, 0.4) is 0 Å². The molecule has 0 radical (unpaired) electrons. The molecule has 1 amide bonds. The van der Waals surface area contributed by atoms with Crippen molar-refractivity contribution in [3.63, 3.8) is 0 Å². The number of benzene rings is 2. The zero-order valence-electron chi connectivity index (χ0n) is 15.4. The fourth-order valence-electron chi connectivity index (χ4n) is 2.50. The fourth-order valence-corrected chi connectivity index (χ4v) is 3.97. The number of rotatable bonds is 7. The van der Waals surface area contributed by atoms with Crippen LogP contribution in [0.2, 0.25) is 0 Å². The number of hydrogen-bond acceptors (Lipinski definition) is 4. The molecule has 0 atom stereocenters. The van der Waals surface area contributed by atoms with Crippen molar-refractivity contribution in [2.75, 3.05) is 16.2 Å². The van der Waals surface area contributed by atoms with Crippen LogP contribution < -0.4 is 14.4 Å². The Morgan fingerprint density at radius 1 is 1.08 bits per heavy atom. The normalized spacial score (nSPS) is 11.3. The molecule has 0 saturated heterocycles. The second-order valence-electron chi connectivity index (χ2n) is 6.04. The van der Waals surface area contributed by atoms with Gasteiger partial charge in [0.25, 0.3) is 10.0 Å². The predicted octanol–water partition coefficient (Wildman–Crippen LogP) is 3.65. The van der Waals surface area contributed by atoms with E-state index >= 15 is 0 Å². The van der Waals surface area contributed by atoms with Gasteiger partial charge in [0, 0.05) is 19.2 Å². The molecule has 0 saturated carbocycles. The van der Waals surface area contributed by atoms with E-state index in [9.17, 15) is 13.2 Å². The van der Waals surface area contributed by atoms with Crippen LogP contribution in [-0.2, 0) is 14.8 Å². The van der Waals surface area contributed by atoms with Crippen molar-refractivity contribution in [3.8, 4) is 5.75 Å². The van der Waals surface area contributed by atoms with E-state index in [0.717, 1.165) is 0 Å². The zero-order valence-corrected chi connectivity index (χ0v) is 16.2. The van der Waals surface area contributed by atoms with Crippen molar-refractivity contribution in [2.24, 2.45) is 0 Å². The van der Waals surface area contributed by atoms with E-state index in [4.69, 9.17) is 4.74 Å². The molecular weight excluding hydrogens is 352 g/mol. The molecule has 0 fully saturated rings. The lowest BCUT2D eigenvalue weighted by molar-refractivity contribution is -0.114. The number of sulfonamides is 1.